The largest absolute Gasteiger partial charge is 0.493 e. The fourth-order valence-electron chi connectivity index (χ4n) is 4.69. The van der Waals surface area contributed by atoms with Crippen molar-refractivity contribution in [1.82, 2.24) is 29.1 Å². The smallest absolute Gasteiger partial charge is 0.328 e. The van der Waals surface area contributed by atoms with Gasteiger partial charge in [-0.05, 0) is 30.0 Å². The van der Waals surface area contributed by atoms with Crippen molar-refractivity contribution >= 4 is 28.6 Å². The van der Waals surface area contributed by atoms with Crippen LogP contribution in [-0.2, 0) is 6.42 Å². The number of fused-ring (bicyclic) bond motifs is 1. The molecule has 1 saturated carbocycles. The zero-order valence-electron chi connectivity index (χ0n) is 18.4. The summed E-state index contributed by atoms with van der Waals surface area (Å²) in [5.41, 5.74) is 1.11. The quantitative estimate of drug-likeness (QED) is 0.198. The van der Waals surface area contributed by atoms with Crippen molar-refractivity contribution in [3.8, 4) is 5.88 Å². The summed E-state index contributed by atoms with van der Waals surface area (Å²) in [6, 6.07) is 7.71. The second kappa shape index (κ2) is 9.30. The number of aromatic amines is 1. The molecular weight excluding hydrogens is 478 g/mol. The molecule has 0 radical (unpaired) electrons. The number of H-pyrrole nitrogens is 1. The molecule has 3 heterocycles. The topological polar surface area (TPSA) is 174 Å². The summed E-state index contributed by atoms with van der Waals surface area (Å²) >= 11 is 6.20. The number of nitrogens with one attached hydrogen (secondary N) is 2. The number of hydrogen-bond acceptors (Lipinski definition) is 9. The maximum Gasteiger partial charge on any atom is 0.328 e. The summed E-state index contributed by atoms with van der Waals surface area (Å²) in [4.78, 5) is 27.4. The molecule has 1 aliphatic rings. The lowest BCUT2D eigenvalue weighted by molar-refractivity contribution is 0.00763. The van der Waals surface area contributed by atoms with Crippen LogP contribution < -0.4 is 11.0 Å². The minimum Gasteiger partial charge on any atom is -0.493 e. The first-order valence-corrected chi connectivity index (χ1v) is 11.4. The van der Waals surface area contributed by atoms with E-state index in [0.29, 0.717) is 23.4 Å². The first kappa shape index (κ1) is 23.3. The third-order valence-electron chi connectivity index (χ3n) is 6.38. The zero-order chi connectivity index (χ0) is 24.7. The van der Waals surface area contributed by atoms with E-state index in [0.717, 1.165) is 16.3 Å². The van der Waals surface area contributed by atoms with Crippen molar-refractivity contribution in [3.63, 3.8) is 0 Å². The average Bonchev–Trinajstić information content (AvgIpc) is 3.50. The highest BCUT2D eigenvalue weighted by molar-refractivity contribution is 6.28. The van der Waals surface area contributed by atoms with E-state index in [-0.39, 0.29) is 30.2 Å². The number of anilines is 1. The van der Waals surface area contributed by atoms with Gasteiger partial charge in [0.2, 0.25) is 11.2 Å². The molecule has 6 N–H and O–H groups in total. The molecule has 0 amide bonds. The van der Waals surface area contributed by atoms with Crippen molar-refractivity contribution < 1.29 is 20.4 Å². The molecule has 5 rings (SSSR count). The number of halogens is 1. The van der Waals surface area contributed by atoms with Crippen LogP contribution in [0.3, 0.4) is 0 Å². The van der Waals surface area contributed by atoms with Crippen LogP contribution in [0.2, 0.25) is 5.28 Å². The summed E-state index contributed by atoms with van der Waals surface area (Å²) in [7, 11) is 0. The minimum absolute atomic E-state index is 0.0674. The Labute approximate surface area is 203 Å². The van der Waals surface area contributed by atoms with Gasteiger partial charge in [0.15, 0.2) is 17.0 Å². The Morgan fingerprint density at radius 1 is 1.17 bits per heavy atom. The van der Waals surface area contributed by atoms with Gasteiger partial charge in [0.1, 0.15) is 12.2 Å². The molecule has 5 atom stereocenters. The Kier molecular flexibility index (Phi) is 6.19. The van der Waals surface area contributed by atoms with Crippen LogP contribution in [0.25, 0.3) is 11.2 Å². The van der Waals surface area contributed by atoms with Crippen LogP contribution in [0, 0.1) is 0 Å². The number of nitrogens with zero attached hydrogens (tertiary/aromatic N) is 5. The molecule has 1 fully saturated rings. The molecule has 0 aliphatic heterocycles. The fraction of sp³-hybridized carbons (Fsp3) is 0.364. The van der Waals surface area contributed by atoms with Crippen LogP contribution in [0.4, 0.5) is 5.82 Å². The summed E-state index contributed by atoms with van der Waals surface area (Å²) in [6.07, 6.45) is 0.638. The van der Waals surface area contributed by atoms with Crippen LogP contribution in [0.5, 0.6) is 5.88 Å². The number of rotatable bonds is 7. The third-order valence-corrected chi connectivity index (χ3v) is 6.55. The molecule has 35 heavy (non-hydrogen) atoms. The number of aliphatic hydroxyl groups excluding tert-OH is 3. The van der Waals surface area contributed by atoms with Crippen molar-refractivity contribution in [2.24, 2.45) is 0 Å². The van der Waals surface area contributed by atoms with E-state index in [1.54, 1.807) is 4.57 Å². The van der Waals surface area contributed by atoms with Gasteiger partial charge < -0.3 is 35.3 Å². The molecule has 3 aromatic heterocycles. The zero-order valence-corrected chi connectivity index (χ0v) is 19.1. The highest BCUT2D eigenvalue weighted by Gasteiger charge is 2.45. The Morgan fingerprint density at radius 3 is 2.60 bits per heavy atom. The summed E-state index contributed by atoms with van der Waals surface area (Å²) in [5, 5.41) is 44.5. The van der Waals surface area contributed by atoms with Gasteiger partial charge in [-0.1, -0.05) is 30.3 Å². The molecule has 1 aromatic carbocycles. The van der Waals surface area contributed by atoms with Gasteiger partial charge in [0, 0.05) is 0 Å². The van der Waals surface area contributed by atoms with Gasteiger partial charge in [-0.2, -0.15) is 9.97 Å². The number of aliphatic hydroxyl groups is 3. The predicted molar refractivity (Wildman–Crippen MR) is 126 cm³/mol. The number of hydrogen-bond donors (Lipinski definition) is 6. The fourth-order valence-corrected chi connectivity index (χ4v) is 4.86. The van der Waals surface area contributed by atoms with E-state index in [9.17, 15) is 25.2 Å². The van der Waals surface area contributed by atoms with E-state index in [1.807, 2.05) is 30.3 Å². The summed E-state index contributed by atoms with van der Waals surface area (Å²) in [6.45, 7) is -0.164. The summed E-state index contributed by atoms with van der Waals surface area (Å²) < 4.78 is 2.58. The first-order chi connectivity index (χ1) is 16.9. The number of aromatic nitrogens is 6. The molecule has 0 spiro atoms. The van der Waals surface area contributed by atoms with E-state index < -0.39 is 30.0 Å². The van der Waals surface area contributed by atoms with E-state index in [1.165, 1.54) is 6.33 Å². The number of imidazole rings is 2. The van der Waals surface area contributed by atoms with Crippen LogP contribution in [-0.4, -0.2) is 74.4 Å². The summed E-state index contributed by atoms with van der Waals surface area (Å²) in [5.74, 6) is -0.0227. The molecule has 1 aliphatic carbocycles. The van der Waals surface area contributed by atoms with Crippen LogP contribution in [0.1, 0.15) is 24.1 Å². The van der Waals surface area contributed by atoms with Crippen molar-refractivity contribution in [2.45, 2.75) is 43.2 Å². The van der Waals surface area contributed by atoms with Gasteiger partial charge in [0.05, 0.1) is 37.3 Å². The lowest BCUT2D eigenvalue weighted by Gasteiger charge is -2.19. The van der Waals surface area contributed by atoms with Gasteiger partial charge in [-0.15, -0.1) is 0 Å². The second-order valence-corrected chi connectivity index (χ2v) is 8.89. The molecular formula is C22H24ClN7O5. The predicted octanol–water partition coefficient (Wildman–Crippen LogP) is 0.598. The lowest BCUT2D eigenvalue weighted by Crippen LogP contribution is -2.33. The minimum atomic E-state index is -1.32. The Bertz CT molecular complexity index is 1390. The monoisotopic (exact) mass is 501 g/mol. The number of benzene rings is 1. The van der Waals surface area contributed by atoms with E-state index in [2.05, 4.69) is 25.3 Å². The van der Waals surface area contributed by atoms with Crippen LogP contribution >= 0.6 is 11.6 Å². The van der Waals surface area contributed by atoms with E-state index >= 15 is 0 Å². The normalized spacial score (nSPS) is 23.1. The van der Waals surface area contributed by atoms with Gasteiger partial charge in [0.25, 0.3) is 0 Å². The number of aromatic hydroxyl groups is 1. The molecule has 0 unspecified atom stereocenters. The van der Waals surface area contributed by atoms with Crippen molar-refractivity contribution in [2.75, 3.05) is 11.9 Å². The second-order valence-electron chi connectivity index (χ2n) is 8.55. The first-order valence-electron chi connectivity index (χ1n) is 11.0. The molecule has 13 heteroatoms. The van der Waals surface area contributed by atoms with Crippen molar-refractivity contribution in [3.05, 3.63) is 64.2 Å². The Morgan fingerprint density at radius 2 is 1.91 bits per heavy atom. The van der Waals surface area contributed by atoms with Crippen molar-refractivity contribution in [1.29, 1.82) is 0 Å². The SMILES string of the molecule is O=c1[nH]cc(O)n1[C@H]1C[C@@H](n2cnc3c(N[C@H](CO)Cc4ccccc4)nc(Cl)nc32)[C@H](O)[C@@H]1O. The molecule has 12 nitrogen and oxygen atoms in total. The maximum atomic E-state index is 12.1. The standard InChI is InChI=1S/C22H24ClN7O5/c23-21-27-19(26-12(9-31)6-11-4-2-1-3-5-11)16-20(28-21)29(10-25-16)13-7-14(18(34)17(13)33)30-15(32)8-24-22(30)35/h1-5,8,10,12-14,17-18,31-34H,6-7,9H2,(H,24,35)(H,26,27,28)/t12-,13+,14-,17-,18+/m0/s1. The molecule has 184 valence electrons. The molecule has 0 bridgehead atoms. The highest BCUT2D eigenvalue weighted by Crippen LogP contribution is 2.40. The Hall–Kier alpha value is -3.45. The molecule has 4 aromatic rings. The Balaban J connectivity index is 1.46. The highest BCUT2D eigenvalue weighted by atomic mass is 35.5. The van der Waals surface area contributed by atoms with Gasteiger partial charge >= 0.3 is 5.69 Å². The maximum absolute atomic E-state index is 12.1. The van der Waals surface area contributed by atoms with E-state index in [4.69, 9.17) is 11.6 Å². The third kappa shape index (κ3) is 4.25. The van der Waals surface area contributed by atoms with Gasteiger partial charge in [-0.3, -0.25) is 4.57 Å². The molecule has 0 saturated heterocycles. The van der Waals surface area contributed by atoms with Crippen LogP contribution in [0.15, 0.2) is 47.7 Å². The average molecular weight is 502 g/mol. The lowest BCUT2D eigenvalue weighted by atomic mass is 10.1. The van der Waals surface area contributed by atoms with Gasteiger partial charge in [-0.25, -0.2) is 9.78 Å².